The van der Waals surface area contributed by atoms with Gasteiger partial charge in [0.25, 0.3) is 0 Å². The van der Waals surface area contributed by atoms with E-state index in [1.807, 2.05) is 12.1 Å². The first-order chi connectivity index (χ1) is 21.1. The van der Waals surface area contributed by atoms with Gasteiger partial charge in [-0.25, -0.2) is 0 Å². The molecule has 0 aromatic heterocycles. The van der Waals surface area contributed by atoms with Crippen molar-refractivity contribution in [3.8, 4) is 0 Å². The molecule has 2 fully saturated rings. The number of halogens is 2. The third kappa shape index (κ3) is 3.09. The van der Waals surface area contributed by atoms with Gasteiger partial charge in [-0.15, -0.1) is 0 Å². The van der Waals surface area contributed by atoms with Crippen molar-refractivity contribution in [2.75, 3.05) is 0 Å². The van der Waals surface area contributed by atoms with Gasteiger partial charge in [0, 0.05) is 20.8 Å². The van der Waals surface area contributed by atoms with E-state index in [2.05, 4.69) is 153 Å². The Morgan fingerprint density at radius 1 is 0.512 bits per heavy atom. The summed E-state index contributed by atoms with van der Waals surface area (Å²) in [6.07, 6.45) is -0.416. The minimum Gasteiger partial charge on any atom is -0.365 e. The van der Waals surface area contributed by atoms with Crippen molar-refractivity contribution in [3.05, 3.63) is 176 Å². The molecule has 0 amide bonds. The molecule has 4 aliphatic rings. The Morgan fingerprint density at radius 2 is 0.860 bits per heavy atom. The van der Waals surface area contributed by atoms with Crippen LogP contribution in [0.5, 0.6) is 0 Å². The number of fused-ring (bicyclic) bond motifs is 12. The molecule has 0 unspecified atom stereocenters. The number of benzene rings is 5. The summed E-state index contributed by atoms with van der Waals surface area (Å²) in [6, 6.07) is 46.7. The summed E-state index contributed by atoms with van der Waals surface area (Å²) in [5.41, 5.74) is 7.10. The summed E-state index contributed by atoms with van der Waals surface area (Å²) in [4.78, 5) is 16.1. The lowest BCUT2D eigenvalue weighted by molar-refractivity contribution is -0.125. The van der Waals surface area contributed by atoms with Gasteiger partial charge in [0.1, 0.15) is 0 Å². The molecule has 9 rings (SSSR count). The van der Waals surface area contributed by atoms with Gasteiger partial charge in [-0.05, 0) is 88.5 Å². The first-order valence-electron chi connectivity index (χ1n) is 14.8. The average molecular weight is 686 g/mol. The second-order valence-electron chi connectivity index (χ2n) is 12.1. The highest BCUT2D eigenvalue weighted by atomic mass is 79.9. The van der Waals surface area contributed by atoms with Crippen LogP contribution in [-0.2, 0) is 20.4 Å². The predicted molar refractivity (Wildman–Crippen MR) is 176 cm³/mol. The van der Waals surface area contributed by atoms with Crippen LogP contribution < -0.4 is 0 Å². The first kappa shape index (κ1) is 25.9. The van der Waals surface area contributed by atoms with Gasteiger partial charge in [0.05, 0.1) is 23.0 Å². The number of Topliss-reactive ketones (excluding diaryl/α,β-unsaturated/α-hetero) is 1. The van der Waals surface area contributed by atoms with Crippen LogP contribution in [0.15, 0.2) is 142 Å². The number of hydrogen-bond donors (Lipinski definition) is 0. The molecule has 4 bridgehead atoms. The van der Waals surface area contributed by atoms with Crippen molar-refractivity contribution in [1.29, 1.82) is 0 Å². The number of ketones is 1. The second-order valence-corrected chi connectivity index (χ2v) is 13.8. The van der Waals surface area contributed by atoms with Gasteiger partial charge >= 0.3 is 0 Å². The summed E-state index contributed by atoms with van der Waals surface area (Å²) >= 11 is 7.52. The molecule has 6 atom stereocenters. The Bertz CT molecular complexity index is 1810. The number of hydrogen-bond acceptors (Lipinski definition) is 2. The van der Waals surface area contributed by atoms with E-state index >= 15 is 4.79 Å². The summed E-state index contributed by atoms with van der Waals surface area (Å²) in [7, 11) is 0. The van der Waals surface area contributed by atoms with E-state index in [1.54, 1.807) is 0 Å². The van der Waals surface area contributed by atoms with Crippen LogP contribution in [0.3, 0.4) is 0 Å². The topological polar surface area (TPSA) is 26.3 Å². The number of allylic oxidation sites excluding steroid dienone is 2. The number of carbonyl (C=O) groups excluding carboxylic acids is 1. The molecule has 0 spiro atoms. The van der Waals surface area contributed by atoms with Crippen molar-refractivity contribution in [3.63, 3.8) is 0 Å². The molecule has 4 heteroatoms. The van der Waals surface area contributed by atoms with Gasteiger partial charge in [-0.2, -0.15) is 0 Å². The lowest BCUT2D eigenvalue weighted by Crippen LogP contribution is -2.42. The van der Waals surface area contributed by atoms with Crippen LogP contribution >= 0.6 is 31.9 Å². The van der Waals surface area contributed by atoms with Crippen LogP contribution in [0, 0.1) is 11.8 Å². The summed E-state index contributed by atoms with van der Waals surface area (Å²) in [6.45, 7) is 0. The molecule has 43 heavy (non-hydrogen) atoms. The van der Waals surface area contributed by atoms with Crippen LogP contribution in [0.1, 0.15) is 45.6 Å². The fraction of sp³-hybridized carbons (Fsp3) is 0.154. The van der Waals surface area contributed by atoms with Crippen molar-refractivity contribution >= 4 is 48.8 Å². The molecular weight excluding hydrogens is 660 g/mol. The maximum Gasteiger partial charge on any atom is 0.163 e. The summed E-state index contributed by atoms with van der Waals surface area (Å²) in [5, 5.41) is 0. The molecule has 2 heterocycles. The highest BCUT2D eigenvalue weighted by Crippen LogP contribution is 2.81. The number of ether oxygens (including phenoxy) is 1. The Labute approximate surface area is 267 Å². The van der Waals surface area contributed by atoms with Gasteiger partial charge in [0.15, 0.2) is 5.78 Å². The Morgan fingerprint density at radius 3 is 1.23 bits per heavy atom. The summed E-state index contributed by atoms with van der Waals surface area (Å²) < 4.78 is 9.10. The van der Waals surface area contributed by atoms with E-state index in [1.165, 1.54) is 11.1 Å². The van der Waals surface area contributed by atoms with E-state index < -0.39 is 10.8 Å². The molecule has 0 radical (unpaired) electrons. The Kier molecular flexibility index (Phi) is 5.55. The van der Waals surface area contributed by atoms with E-state index in [4.69, 9.17) is 4.74 Å². The zero-order valence-electron chi connectivity index (χ0n) is 23.1. The zero-order valence-corrected chi connectivity index (χ0v) is 26.3. The van der Waals surface area contributed by atoms with Gasteiger partial charge in [0.2, 0.25) is 0 Å². The highest BCUT2D eigenvalue weighted by molar-refractivity contribution is 9.13. The van der Waals surface area contributed by atoms with E-state index in [-0.39, 0.29) is 29.8 Å². The molecule has 2 aliphatic heterocycles. The molecule has 208 valence electrons. The molecule has 1 saturated heterocycles. The maximum absolute atomic E-state index is 16.1. The monoisotopic (exact) mass is 684 g/mol. The molecule has 2 nitrogen and oxygen atoms in total. The predicted octanol–water partition coefficient (Wildman–Crippen LogP) is 9.65. The van der Waals surface area contributed by atoms with Crippen LogP contribution in [0.2, 0.25) is 0 Å². The van der Waals surface area contributed by atoms with Gasteiger partial charge in [-0.1, -0.05) is 121 Å². The second kappa shape index (κ2) is 9.22. The quantitative estimate of drug-likeness (QED) is 0.188. The fourth-order valence-electron chi connectivity index (χ4n) is 9.16. The fourth-order valence-corrected chi connectivity index (χ4v) is 9.88. The van der Waals surface area contributed by atoms with Crippen LogP contribution in [-0.4, -0.2) is 5.78 Å². The minimum atomic E-state index is -0.898. The zero-order chi connectivity index (χ0) is 28.9. The van der Waals surface area contributed by atoms with Crippen molar-refractivity contribution < 1.29 is 9.53 Å². The third-order valence-corrected chi connectivity index (χ3v) is 12.3. The van der Waals surface area contributed by atoms with Crippen LogP contribution in [0.4, 0.5) is 0 Å². The molecule has 2 aliphatic carbocycles. The summed E-state index contributed by atoms with van der Waals surface area (Å²) in [5.74, 6) is 0.126. The molecule has 5 aromatic carbocycles. The number of rotatable bonds is 4. The SMILES string of the molecule is O=C1[C@]2(c3ccccc3)C(c3ccccc3)=C(c3ccccc3)[C@@]1(c1ccccc1)[C@H]1[C@@H]2[C@H]2O[C@H]1c1cc(Br)c(Br)cc12. The lowest BCUT2D eigenvalue weighted by atomic mass is 9.54. The standard InChI is InChI=1S/C39H26Br2O2/c40-29-21-27-28(22-30(29)41)36-34-33(35(27)43-36)38(25-17-9-3-10-18-25)31(23-13-5-1-6-14-23)32(24-15-7-2-8-16-24)39(34,37(38)42)26-19-11-4-12-20-26/h1-22,33-36H/t33-,34+,35-,36-,38-,39+/m0/s1. The largest absolute Gasteiger partial charge is 0.365 e. The normalized spacial score (nSPS) is 29.7. The number of carbonyl (C=O) groups is 1. The molecule has 5 aromatic rings. The Hall–Kier alpha value is -3.57. The van der Waals surface area contributed by atoms with E-state index in [9.17, 15) is 0 Å². The highest BCUT2D eigenvalue weighted by Gasteiger charge is 2.82. The first-order valence-corrected chi connectivity index (χ1v) is 16.3. The van der Waals surface area contributed by atoms with Crippen molar-refractivity contribution in [2.24, 2.45) is 11.8 Å². The van der Waals surface area contributed by atoms with Gasteiger partial charge in [-0.3, -0.25) is 4.79 Å². The van der Waals surface area contributed by atoms with Crippen molar-refractivity contribution in [2.45, 2.75) is 23.0 Å². The van der Waals surface area contributed by atoms with Gasteiger partial charge < -0.3 is 4.74 Å². The minimum absolute atomic E-state index is 0.0733. The molecule has 0 N–H and O–H groups in total. The smallest absolute Gasteiger partial charge is 0.163 e. The molecule has 1 saturated carbocycles. The lowest BCUT2D eigenvalue weighted by Gasteiger charge is -2.45. The van der Waals surface area contributed by atoms with Crippen LogP contribution in [0.25, 0.3) is 11.1 Å². The Balaban J connectivity index is 1.49. The maximum atomic E-state index is 16.1. The van der Waals surface area contributed by atoms with Crippen molar-refractivity contribution in [1.82, 2.24) is 0 Å². The molecular formula is C39H26Br2O2. The average Bonchev–Trinajstić information content (AvgIpc) is 3.75. The van der Waals surface area contributed by atoms with E-state index in [0.717, 1.165) is 42.3 Å². The third-order valence-electron chi connectivity index (χ3n) is 10.4. The van der Waals surface area contributed by atoms with E-state index in [0.29, 0.717) is 0 Å².